The van der Waals surface area contributed by atoms with Gasteiger partial charge in [0.25, 0.3) is 0 Å². The van der Waals surface area contributed by atoms with E-state index < -0.39 is 29.7 Å². The van der Waals surface area contributed by atoms with Crippen LogP contribution in [-0.2, 0) is 127 Å². The van der Waals surface area contributed by atoms with Gasteiger partial charge >= 0.3 is 30.2 Å². The Morgan fingerprint density at radius 2 is 1.29 bits per heavy atom. The zero-order chi connectivity index (χ0) is 22.7. The molecule has 3 aliphatic rings. The Kier molecular flexibility index (Phi) is 45.7. The number of hydrogen-bond acceptors (Lipinski definition) is 9. The van der Waals surface area contributed by atoms with Crippen molar-refractivity contribution in [3.8, 4) is 0 Å². The Balaban J connectivity index is -0.0000000466. The van der Waals surface area contributed by atoms with Gasteiger partial charge in [-0.1, -0.05) is 14.9 Å². The van der Waals surface area contributed by atoms with Gasteiger partial charge in [-0.25, -0.2) is 14.4 Å². The van der Waals surface area contributed by atoms with Crippen molar-refractivity contribution in [3.05, 3.63) is 22.3 Å². The van der Waals surface area contributed by atoms with Crippen molar-refractivity contribution >= 4 is 30.2 Å². The van der Waals surface area contributed by atoms with Gasteiger partial charge in [-0.05, 0) is 20.8 Å². The molecule has 0 aromatic carbocycles. The fourth-order valence-corrected chi connectivity index (χ4v) is 2.18. The number of cyclic esters (lactones) is 3. The van der Waals surface area contributed by atoms with E-state index in [9.17, 15) is 24.0 Å². The fraction of sp³-hybridized carbons (Fsp3) is 0.636. The third-order valence-corrected chi connectivity index (χ3v) is 3.36. The second kappa shape index (κ2) is 30.0. The van der Waals surface area contributed by atoms with Crippen molar-refractivity contribution in [1.82, 2.24) is 15.1 Å². The molecule has 13 nitrogen and oxygen atoms in total. The topological polar surface area (TPSA) is 161 Å². The summed E-state index contributed by atoms with van der Waals surface area (Å²) < 4.78 is 18.6. The molecule has 2 N–H and O–H groups in total. The Morgan fingerprint density at radius 3 is 1.53 bits per heavy atom. The number of ether oxygens (including phenoxy) is 4. The third kappa shape index (κ3) is 27.6. The molecule has 0 atom stereocenters. The molecule has 3 heterocycles. The molecule has 0 spiro atoms. The summed E-state index contributed by atoms with van der Waals surface area (Å²) in [6.45, 7) is 7.73. The zero-order valence-electron chi connectivity index (χ0n) is 21.9. The zero-order valence-corrected chi connectivity index (χ0v) is 30.4. The first-order chi connectivity index (χ1) is 14.0. The fourth-order valence-electron chi connectivity index (χ4n) is 2.18. The van der Waals surface area contributed by atoms with Crippen LogP contribution in [0.5, 0.6) is 0 Å². The van der Waals surface area contributed by atoms with E-state index >= 15 is 0 Å². The maximum Gasteiger partial charge on any atom is 0.410 e. The van der Waals surface area contributed by atoms with Gasteiger partial charge in [-0.3, -0.25) is 19.4 Å². The number of nitrogens with zero attached hydrogens (tertiary/aromatic N) is 2. The maximum atomic E-state index is 11.3. The summed E-state index contributed by atoms with van der Waals surface area (Å²) in [6.07, 6.45) is -1.28. The van der Waals surface area contributed by atoms with E-state index in [1.54, 1.807) is 20.8 Å². The molecule has 0 aromatic rings. The number of carbonyl (C=O) groups is 5. The second-order valence-electron chi connectivity index (χ2n) is 7.11. The quantitative estimate of drug-likeness (QED) is 0.247. The minimum absolute atomic E-state index is 0. The number of nitrogens with one attached hydrogen (secondary N) is 1. The van der Waals surface area contributed by atoms with Crippen LogP contribution in [0, 0.1) is 22.3 Å². The smallest absolute Gasteiger partial charge is 0.410 e. The molecular weight excluding hydrogens is 733 g/mol. The minimum atomic E-state index is -1.01. The van der Waals surface area contributed by atoms with Crippen LogP contribution in [0.15, 0.2) is 0 Å². The summed E-state index contributed by atoms with van der Waals surface area (Å²) in [5, 5.41) is 10.7. The molecule has 38 heavy (non-hydrogen) atoms. The molecule has 3 radical (unpaired) electrons. The summed E-state index contributed by atoms with van der Waals surface area (Å²) in [4.78, 5) is 55.2. The predicted octanol–water partition coefficient (Wildman–Crippen LogP) is 2.89. The van der Waals surface area contributed by atoms with Crippen LogP contribution in [-0.4, -0.2) is 103 Å². The molecule has 16 heteroatoms. The molecular formula is C22H46N3O10Y3-3. The molecule has 3 aliphatic heterocycles. The molecule has 0 unspecified atom stereocenters. The van der Waals surface area contributed by atoms with E-state index in [1.807, 2.05) is 0 Å². The molecule has 0 bridgehead atoms. The van der Waals surface area contributed by atoms with Crippen LogP contribution >= 0.6 is 0 Å². The number of aliphatic carboxylic acids is 1. The van der Waals surface area contributed by atoms with Gasteiger partial charge in [0.05, 0.1) is 19.6 Å². The van der Waals surface area contributed by atoms with E-state index in [0.29, 0.717) is 39.5 Å². The van der Waals surface area contributed by atoms with Crippen molar-refractivity contribution in [3.63, 3.8) is 0 Å². The van der Waals surface area contributed by atoms with Crippen molar-refractivity contribution < 1.29 is 148 Å². The van der Waals surface area contributed by atoms with Gasteiger partial charge in [-0.2, -0.15) is 0 Å². The van der Waals surface area contributed by atoms with Crippen LogP contribution in [0.25, 0.3) is 0 Å². The number of esters is 1. The first-order valence-electron chi connectivity index (χ1n) is 9.15. The Labute approximate surface area is 305 Å². The first kappa shape index (κ1) is 57.9. The van der Waals surface area contributed by atoms with E-state index in [1.165, 1.54) is 4.90 Å². The average molecular weight is 780 g/mol. The summed E-state index contributed by atoms with van der Waals surface area (Å²) in [5.74, 6) is -1.42. The van der Waals surface area contributed by atoms with Gasteiger partial charge < -0.3 is 51.7 Å². The van der Waals surface area contributed by atoms with Crippen LogP contribution < -0.4 is 5.32 Å². The second-order valence-corrected chi connectivity index (χ2v) is 7.11. The molecule has 0 aromatic heterocycles. The van der Waals surface area contributed by atoms with Gasteiger partial charge in [0.1, 0.15) is 38.5 Å². The van der Waals surface area contributed by atoms with E-state index in [2.05, 4.69) is 19.5 Å². The molecule has 3 rings (SSSR count). The van der Waals surface area contributed by atoms with Gasteiger partial charge in [-0.15, -0.1) is 0 Å². The van der Waals surface area contributed by atoms with Crippen molar-refractivity contribution in [1.29, 1.82) is 0 Å². The number of hydrogen-bond donors (Lipinski definition) is 2. The summed E-state index contributed by atoms with van der Waals surface area (Å²) >= 11 is 0. The van der Waals surface area contributed by atoms with Crippen LogP contribution in [0.3, 0.4) is 0 Å². The molecule has 221 valence electrons. The Hall–Kier alpha value is 0.0617. The number of amides is 3. The van der Waals surface area contributed by atoms with Gasteiger partial charge in [0.2, 0.25) is 0 Å². The summed E-state index contributed by atoms with van der Waals surface area (Å²) in [5.41, 5.74) is -0.513. The van der Waals surface area contributed by atoms with Crippen molar-refractivity contribution in [2.75, 3.05) is 52.5 Å². The maximum absolute atomic E-state index is 11.3. The van der Waals surface area contributed by atoms with Crippen LogP contribution in [0.2, 0.25) is 0 Å². The number of alkyl carbamates (subject to hydrolysis) is 1. The SMILES string of the molecule is C.C.CC(C)(C)OC(=O)CN1CCOC1=O.O=C(O)CN1CCOC1=O.O=C1NCCO1.[2HH].[CH3-].[CH3-].[CH3-].[Y].[Y].[Y]. The predicted molar refractivity (Wildman–Crippen MR) is 133 cm³/mol. The van der Waals surface area contributed by atoms with Crippen molar-refractivity contribution in [2.24, 2.45) is 0 Å². The molecule has 0 saturated carbocycles. The number of rotatable bonds is 4. The summed E-state index contributed by atoms with van der Waals surface area (Å²) in [7, 11) is 0. The van der Waals surface area contributed by atoms with Crippen LogP contribution in [0.1, 0.15) is 37.1 Å². The minimum Gasteiger partial charge on any atom is -0.480 e. The van der Waals surface area contributed by atoms with Crippen LogP contribution in [0.4, 0.5) is 14.4 Å². The van der Waals surface area contributed by atoms with Gasteiger partial charge in [0, 0.05) is 99.6 Å². The largest absolute Gasteiger partial charge is 0.480 e. The van der Waals surface area contributed by atoms with E-state index in [4.69, 9.17) is 9.84 Å². The number of carboxylic acid groups (broad SMARTS) is 1. The standard InChI is InChI=1S/C9H15NO4.C5H7NO4.C3H5NO2.2CH4.3CH3.3Y.H2/c1-9(2,3)14-7(11)6-10-4-5-13-8(10)12;7-4(8)3-6-1-2-10-5(6)9;5-3-4-1-2-6-3;;;;;;;;;/h4-6H2,1-3H3;1-3H2,(H,7,8);1-2H2,(H,4,5);2*1H4;3*1H3;;;;1H/q;;;;;3*-1;;;;/i;;;;;;;;;;;1+1. The molecule has 0 aliphatic carbocycles. The van der Waals surface area contributed by atoms with Crippen molar-refractivity contribution in [2.45, 2.75) is 41.2 Å². The monoisotopic (exact) mass is 780 g/mol. The van der Waals surface area contributed by atoms with E-state index in [0.717, 1.165) is 4.90 Å². The Morgan fingerprint density at radius 1 is 0.868 bits per heavy atom. The normalized spacial score (nSPS) is 13.8. The number of carbonyl (C=O) groups excluding carboxylic acids is 4. The molecule has 3 amide bonds. The Bertz CT molecular complexity index is 664. The van der Waals surface area contributed by atoms with Gasteiger partial charge in [0.15, 0.2) is 0 Å². The third-order valence-electron chi connectivity index (χ3n) is 3.36. The van der Waals surface area contributed by atoms with E-state index in [-0.39, 0.29) is 156 Å². The first-order valence-corrected chi connectivity index (χ1v) is 9.15. The average Bonchev–Trinajstić information content (AvgIpc) is 3.33. The number of carboxylic acids is 1. The molecule has 3 fully saturated rings. The summed E-state index contributed by atoms with van der Waals surface area (Å²) in [6, 6.07) is 0. The molecule has 3 saturated heterocycles.